The van der Waals surface area contributed by atoms with E-state index >= 15 is 0 Å². The van der Waals surface area contributed by atoms with Crippen molar-refractivity contribution in [3.8, 4) is 5.75 Å². The molecule has 4 nitrogen and oxygen atoms in total. The Morgan fingerprint density at radius 2 is 1.73 bits per heavy atom. The lowest BCUT2D eigenvalue weighted by atomic mass is 10.1. The zero-order valence-electron chi connectivity index (χ0n) is 12.1. The Morgan fingerprint density at radius 3 is 2.36 bits per heavy atom. The Labute approximate surface area is 132 Å². The number of rotatable bonds is 8. The van der Waals surface area contributed by atoms with Crippen molar-refractivity contribution >= 4 is 16.8 Å². The number of hydrogen-bond donors (Lipinski definition) is 1. The van der Waals surface area contributed by atoms with E-state index in [1.165, 1.54) is 12.1 Å². The van der Waals surface area contributed by atoms with Gasteiger partial charge in [-0.25, -0.2) is 4.79 Å². The predicted octanol–water partition coefficient (Wildman–Crippen LogP) is 3.10. The molecule has 1 atom stereocenters. The van der Waals surface area contributed by atoms with E-state index in [0.717, 1.165) is 11.3 Å². The maximum absolute atomic E-state index is 12.0. The van der Waals surface area contributed by atoms with Gasteiger partial charge in [-0.1, -0.05) is 30.3 Å². The summed E-state index contributed by atoms with van der Waals surface area (Å²) in [6.07, 6.45) is 0.717. The maximum Gasteiger partial charge on any atom is 0.335 e. The molecule has 1 N–H and O–H groups in total. The Kier molecular flexibility index (Phi) is 6.15. The molecule has 0 aliphatic rings. The Hall–Kier alpha value is -2.14. The van der Waals surface area contributed by atoms with Gasteiger partial charge >= 0.3 is 5.97 Å². The highest BCUT2D eigenvalue weighted by atomic mass is 32.2. The molecule has 0 aliphatic carbocycles. The zero-order valence-corrected chi connectivity index (χ0v) is 12.9. The smallest absolute Gasteiger partial charge is 0.335 e. The molecular formula is C17H18O4S. The number of carbonyl (C=O) groups is 1. The summed E-state index contributed by atoms with van der Waals surface area (Å²) in [7, 11) is -0.974. The minimum Gasteiger partial charge on any atom is -0.494 e. The van der Waals surface area contributed by atoms with Crippen LogP contribution in [0, 0.1) is 0 Å². The second-order valence-electron chi connectivity index (χ2n) is 4.81. The fourth-order valence-electron chi connectivity index (χ4n) is 1.93. The molecule has 2 aromatic carbocycles. The molecule has 0 radical (unpaired) electrons. The first-order chi connectivity index (χ1) is 10.6. The summed E-state index contributed by atoms with van der Waals surface area (Å²) < 4.78 is 17.5. The van der Waals surface area contributed by atoms with E-state index in [9.17, 15) is 9.00 Å². The first kappa shape index (κ1) is 16.2. The highest BCUT2D eigenvalue weighted by Crippen LogP contribution is 2.10. The molecule has 0 aromatic heterocycles. The molecule has 0 saturated carbocycles. The van der Waals surface area contributed by atoms with Crippen molar-refractivity contribution in [3.63, 3.8) is 0 Å². The van der Waals surface area contributed by atoms with Gasteiger partial charge in [-0.05, 0) is 36.2 Å². The quantitative estimate of drug-likeness (QED) is 0.760. The first-order valence-corrected chi connectivity index (χ1v) is 8.49. The Bertz CT molecular complexity index is 623. The largest absolute Gasteiger partial charge is 0.494 e. The summed E-state index contributed by atoms with van der Waals surface area (Å²) in [6, 6.07) is 16.0. The number of ether oxygens (including phenoxy) is 1. The normalized spacial score (nSPS) is 11.8. The molecule has 2 aromatic rings. The molecule has 0 aliphatic heterocycles. The number of hydrogen-bond acceptors (Lipinski definition) is 3. The summed E-state index contributed by atoms with van der Waals surface area (Å²) >= 11 is 0. The van der Waals surface area contributed by atoms with Crippen LogP contribution < -0.4 is 4.74 Å². The fourth-order valence-corrected chi connectivity index (χ4v) is 3.08. The minimum absolute atomic E-state index is 0.241. The van der Waals surface area contributed by atoms with Crippen LogP contribution in [0.2, 0.25) is 0 Å². The van der Waals surface area contributed by atoms with Gasteiger partial charge < -0.3 is 9.84 Å². The highest BCUT2D eigenvalue weighted by molar-refractivity contribution is 7.84. The average molecular weight is 318 g/mol. The van der Waals surface area contributed by atoms with Gasteiger partial charge in [0.2, 0.25) is 0 Å². The average Bonchev–Trinajstić information content (AvgIpc) is 2.53. The van der Waals surface area contributed by atoms with Crippen LogP contribution in [0.15, 0.2) is 54.6 Å². The molecule has 0 spiro atoms. The summed E-state index contributed by atoms with van der Waals surface area (Å²) in [6.45, 7) is 0.535. The van der Waals surface area contributed by atoms with Crippen molar-refractivity contribution in [3.05, 3.63) is 65.7 Å². The fraction of sp³-hybridized carbons (Fsp3) is 0.235. The lowest BCUT2D eigenvalue weighted by Crippen LogP contribution is -2.06. The Morgan fingerprint density at radius 1 is 1.05 bits per heavy atom. The first-order valence-electron chi connectivity index (χ1n) is 7.00. The van der Waals surface area contributed by atoms with Gasteiger partial charge in [0.05, 0.1) is 12.2 Å². The molecule has 2 rings (SSSR count). The van der Waals surface area contributed by atoms with Crippen molar-refractivity contribution in [2.45, 2.75) is 12.2 Å². The second kappa shape index (κ2) is 8.34. The number of carboxylic acids is 1. The van der Waals surface area contributed by atoms with E-state index in [-0.39, 0.29) is 5.56 Å². The van der Waals surface area contributed by atoms with Gasteiger partial charge in [-0.3, -0.25) is 4.21 Å². The number of para-hydroxylation sites is 1. The standard InChI is InChI=1S/C17H18O4S/c18-17(19)15-9-7-14(8-10-15)13-22(20)12-4-11-21-16-5-2-1-3-6-16/h1-3,5-10H,4,11-13H2,(H,18,19). The lowest BCUT2D eigenvalue weighted by molar-refractivity contribution is 0.0697. The van der Waals surface area contributed by atoms with E-state index in [2.05, 4.69) is 0 Å². The molecule has 0 fully saturated rings. The molecule has 0 heterocycles. The van der Waals surface area contributed by atoms with E-state index in [0.29, 0.717) is 24.5 Å². The van der Waals surface area contributed by atoms with Gasteiger partial charge in [0.25, 0.3) is 0 Å². The lowest BCUT2D eigenvalue weighted by Gasteiger charge is -2.06. The van der Waals surface area contributed by atoms with Gasteiger partial charge in [-0.2, -0.15) is 0 Å². The maximum atomic E-state index is 12.0. The van der Waals surface area contributed by atoms with Crippen LogP contribution in [0.3, 0.4) is 0 Å². The third-order valence-corrected chi connectivity index (χ3v) is 4.46. The van der Waals surface area contributed by atoms with Crippen LogP contribution in [-0.4, -0.2) is 27.6 Å². The SMILES string of the molecule is O=C(O)c1ccc(CS(=O)CCCOc2ccccc2)cc1. The third kappa shape index (κ3) is 5.33. The monoisotopic (exact) mass is 318 g/mol. The molecule has 116 valence electrons. The second-order valence-corrected chi connectivity index (χ2v) is 6.38. The van der Waals surface area contributed by atoms with E-state index in [4.69, 9.17) is 9.84 Å². The van der Waals surface area contributed by atoms with Crippen molar-refractivity contribution < 1.29 is 18.8 Å². The number of benzene rings is 2. The van der Waals surface area contributed by atoms with Crippen LogP contribution >= 0.6 is 0 Å². The number of aromatic carboxylic acids is 1. The van der Waals surface area contributed by atoms with Crippen LogP contribution in [0.4, 0.5) is 0 Å². The van der Waals surface area contributed by atoms with E-state index in [1.54, 1.807) is 12.1 Å². The van der Waals surface area contributed by atoms with Crippen molar-refractivity contribution in [1.82, 2.24) is 0 Å². The van der Waals surface area contributed by atoms with Gasteiger partial charge in [0.15, 0.2) is 0 Å². The van der Waals surface area contributed by atoms with Gasteiger partial charge in [-0.15, -0.1) is 0 Å². The summed E-state index contributed by atoms with van der Waals surface area (Å²) in [5, 5.41) is 8.82. The molecule has 1 unspecified atom stereocenters. The summed E-state index contributed by atoms with van der Waals surface area (Å²) in [5.74, 6) is 0.863. The molecule has 22 heavy (non-hydrogen) atoms. The van der Waals surface area contributed by atoms with Gasteiger partial charge in [0, 0.05) is 22.3 Å². The number of carboxylic acid groups (broad SMARTS) is 1. The predicted molar refractivity (Wildman–Crippen MR) is 86.7 cm³/mol. The van der Waals surface area contributed by atoms with E-state index < -0.39 is 16.8 Å². The third-order valence-electron chi connectivity index (χ3n) is 3.06. The molecule has 5 heteroatoms. The highest BCUT2D eigenvalue weighted by Gasteiger charge is 2.05. The summed E-state index contributed by atoms with van der Waals surface area (Å²) in [4.78, 5) is 10.8. The van der Waals surface area contributed by atoms with Crippen LogP contribution in [0.5, 0.6) is 5.75 Å². The molecule has 0 bridgehead atoms. The topological polar surface area (TPSA) is 63.6 Å². The summed E-state index contributed by atoms with van der Waals surface area (Å²) in [5.41, 5.74) is 1.12. The van der Waals surface area contributed by atoms with Crippen molar-refractivity contribution in [1.29, 1.82) is 0 Å². The molecule has 0 saturated heterocycles. The van der Waals surface area contributed by atoms with E-state index in [1.807, 2.05) is 30.3 Å². The Balaban J connectivity index is 1.70. The zero-order chi connectivity index (χ0) is 15.8. The minimum atomic E-state index is -0.974. The van der Waals surface area contributed by atoms with Gasteiger partial charge in [0.1, 0.15) is 5.75 Å². The molecular weight excluding hydrogens is 300 g/mol. The van der Waals surface area contributed by atoms with Crippen LogP contribution in [0.25, 0.3) is 0 Å². The van der Waals surface area contributed by atoms with Crippen molar-refractivity contribution in [2.24, 2.45) is 0 Å². The van der Waals surface area contributed by atoms with Crippen molar-refractivity contribution in [2.75, 3.05) is 12.4 Å². The van der Waals surface area contributed by atoms with Crippen LogP contribution in [0.1, 0.15) is 22.3 Å². The van der Waals surface area contributed by atoms with Crippen LogP contribution in [-0.2, 0) is 16.6 Å². The molecule has 0 amide bonds.